The zero-order chi connectivity index (χ0) is 22.0. The Hall–Kier alpha value is -1.45. The molecule has 0 aliphatic rings. The predicted octanol–water partition coefficient (Wildman–Crippen LogP) is 8.97. The maximum atomic E-state index is 7.79. The first-order valence-corrected chi connectivity index (χ1v) is 14.5. The maximum absolute atomic E-state index is 7.79. The fourth-order valence-electron chi connectivity index (χ4n) is 4.64. The molecule has 4 aromatic rings. The molecule has 0 aliphatic carbocycles. The minimum absolute atomic E-state index is 0. The van der Waals surface area contributed by atoms with Crippen LogP contribution in [-0.4, -0.2) is 0 Å². The van der Waals surface area contributed by atoms with E-state index in [0.717, 1.165) is 22.3 Å². The first-order chi connectivity index (χ1) is 14.9. The standard InChI is InChI=1S/C28H27Cl2P.Pd/c1-27(23-15-7-3-8-16-23,24-17-9-4-10-18-24)31(29,30)28(2,25-19-11-5-12-20-25)26-21-13-6-14-22-26;/h3-22,31H,1-2H3;. The SMILES string of the molecule is CC(c1ccccc1)(c1ccccc1)[PH](Cl)(Cl)C(C)(c1ccccc1)c1ccccc1.[Pd]. The van der Waals surface area contributed by atoms with Gasteiger partial charge in [-0.3, -0.25) is 0 Å². The molecule has 0 amide bonds. The summed E-state index contributed by atoms with van der Waals surface area (Å²) >= 11 is 15.6. The van der Waals surface area contributed by atoms with E-state index in [2.05, 4.69) is 111 Å². The van der Waals surface area contributed by atoms with Gasteiger partial charge in [0.15, 0.2) is 0 Å². The Balaban J connectivity index is 0.00000289. The van der Waals surface area contributed by atoms with Crippen LogP contribution in [0.5, 0.6) is 0 Å². The molecule has 0 heterocycles. The maximum Gasteiger partial charge on any atom is 0 e. The molecule has 4 heteroatoms. The molecule has 0 saturated carbocycles. The third-order valence-corrected chi connectivity index (χ3v) is 14.9. The summed E-state index contributed by atoms with van der Waals surface area (Å²) < 4.78 is 0. The van der Waals surface area contributed by atoms with Crippen LogP contribution >= 0.6 is 28.4 Å². The molecule has 0 N–H and O–H groups in total. The Morgan fingerprint density at radius 3 is 0.812 bits per heavy atom. The fourth-order valence-corrected chi connectivity index (χ4v) is 10.4. The molecule has 4 aromatic carbocycles. The second kappa shape index (κ2) is 10.2. The van der Waals surface area contributed by atoms with Crippen LogP contribution in [0.4, 0.5) is 0 Å². The van der Waals surface area contributed by atoms with Crippen molar-refractivity contribution in [3.05, 3.63) is 144 Å². The van der Waals surface area contributed by atoms with Gasteiger partial charge in [0.2, 0.25) is 0 Å². The van der Waals surface area contributed by atoms with E-state index in [0.29, 0.717) is 0 Å². The molecular formula is C28H27Cl2PPd. The van der Waals surface area contributed by atoms with Gasteiger partial charge in [-0.2, -0.15) is 0 Å². The van der Waals surface area contributed by atoms with Crippen molar-refractivity contribution in [1.29, 1.82) is 0 Å². The molecule has 0 fully saturated rings. The smallest absolute Gasteiger partial charge is 0 e. The van der Waals surface area contributed by atoms with Crippen molar-refractivity contribution >= 4 is 28.4 Å². The van der Waals surface area contributed by atoms with E-state index in [1.807, 2.05) is 24.3 Å². The Labute approximate surface area is 215 Å². The van der Waals surface area contributed by atoms with E-state index in [-0.39, 0.29) is 20.4 Å². The minimum atomic E-state index is -3.23. The zero-order valence-electron chi connectivity index (χ0n) is 18.1. The van der Waals surface area contributed by atoms with Gasteiger partial charge in [0, 0.05) is 20.4 Å². The zero-order valence-corrected chi connectivity index (χ0v) is 22.2. The van der Waals surface area contributed by atoms with Crippen LogP contribution in [-0.2, 0) is 30.7 Å². The molecule has 0 saturated heterocycles. The van der Waals surface area contributed by atoms with Gasteiger partial charge >= 0.3 is 196 Å². The Kier molecular flexibility index (Phi) is 8.04. The van der Waals surface area contributed by atoms with Crippen molar-refractivity contribution < 1.29 is 20.4 Å². The number of rotatable bonds is 6. The first kappa shape index (κ1) is 25.2. The van der Waals surface area contributed by atoms with Gasteiger partial charge < -0.3 is 0 Å². The van der Waals surface area contributed by atoms with Crippen LogP contribution in [0.3, 0.4) is 0 Å². The molecule has 32 heavy (non-hydrogen) atoms. The largest absolute Gasteiger partial charge is 0 e. The summed E-state index contributed by atoms with van der Waals surface area (Å²) in [6.07, 6.45) is 0. The predicted molar refractivity (Wildman–Crippen MR) is 139 cm³/mol. The van der Waals surface area contributed by atoms with E-state index in [1.165, 1.54) is 0 Å². The van der Waals surface area contributed by atoms with Crippen LogP contribution < -0.4 is 0 Å². The number of hydrogen-bond donors (Lipinski definition) is 0. The van der Waals surface area contributed by atoms with Crippen molar-refractivity contribution in [2.75, 3.05) is 0 Å². The quantitative estimate of drug-likeness (QED) is 0.160. The van der Waals surface area contributed by atoms with Gasteiger partial charge in [0.1, 0.15) is 0 Å². The monoisotopic (exact) mass is 570 g/mol. The molecule has 0 radical (unpaired) electrons. The second-order valence-corrected chi connectivity index (χ2v) is 15.4. The van der Waals surface area contributed by atoms with Gasteiger partial charge in [0.25, 0.3) is 0 Å². The third kappa shape index (κ3) is 4.12. The van der Waals surface area contributed by atoms with Crippen LogP contribution in [0.25, 0.3) is 0 Å². The molecule has 168 valence electrons. The average molecular weight is 572 g/mol. The molecule has 0 spiro atoms. The van der Waals surface area contributed by atoms with Gasteiger partial charge in [-0.1, -0.05) is 0 Å². The van der Waals surface area contributed by atoms with Crippen LogP contribution in [0, 0.1) is 0 Å². The third-order valence-electron chi connectivity index (χ3n) is 6.66. The van der Waals surface area contributed by atoms with Crippen molar-refractivity contribution in [3.63, 3.8) is 0 Å². The minimum Gasteiger partial charge on any atom is 0 e. The molecule has 0 aromatic heterocycles. The Morgan fingerprint density at radius 1 is 0.438 bits per heavy atom. The molecule has 0 nitrogen and oxygen atoms in total. The van der Waals surface area contributed by atoms with E-state index >= 15 is 0 Å². The summed E-state index contributed by atoms with van der Waals surface area (Å²) in [5.41, 5.74) is 4.54. The number of benzene rings is 4. The molecule has 0 bridgehead atoms. The van der Waals surface area contributed by atoms with Gasteiger partial charge in [-0.25, -0.2) is 0 Å². The van der Waals surface area contributed by atoms with Gasteiger partial charge in [-0.05, 0) is 0 Å². The molecular weight excluding hydrogens is 545 g/mol. The van der Waals surface area contributed by atoms with E-state index in [4.69, 9.17) is 22.5 Å². The average Bonchev–Trinajstić information content (AvgIpc) is 2.85. The summed E-state index contributed by atoms with van der Waals surface area (Å²) in [4.78, 5) is 0. The summed E-state index contributed by atoms with van der Waals surface area (Å²) in [6.45, 7) is 4.43. The first-order valence-electron chi connectivity index (χ1n) is 10.5. The van der Waals surface area contributed by atoms with Crippen LogP contribution in [0.15, 0.2) is 121 Å². The van der Waals surface area contributed by atoms with E-state index < -0.39 is 16.3 Å². The fraction of sp³-hybridized carbons (Fsp3) is 0.143. The molecule has 0 atom stereocenters. The van der Waals surface area contributed by atoms with Crippen molar-refractivity contribution in [2.24, 2.45) is 0 Å². The molecule has 0 unspecified atom stereocenters. The van der Waals surface area contributed by atoms with E-state index in [1.54, 1.807) is 0 Å². The second-order valence-electron chi connectivity index (χ2n) is 8.29. The molecule has 4 rings (SSSR count). The summed E-state index contributed by atoms with van der Waals surface area (Å²) in [5.74, 6) is -3.23. The van der Waals surface area contributed by atoms with Crippen molar-refractivity contribution in [2.45, 2.75) is 24.2 Å². The number of hydrogen-bond acceptors (Lipinski definition) is 0. The number of halogens is 2. The topological polar surface area (TPSA) is 0 Å². The normalized spacial score (nSPS) is 12.6. The van der Waals surface area contributed by atoms with Gasteiger partial charge in [0.05, 0.1) is 0 Å². The molecule has 0 aliphatic heterocycles. The van der Waals surface area contributed by atoms with Crippen LogP contribution in [0.2, 0.25) is 0 Å². The summed E-state index contributed by atoms with van der Waals surface area (Å²) in [7, 11) is 0. The summed E-state index contributed by atoms with van der Waals surface area (Å²) in [5, 5.41) is -1.11. The van der Waals surface area contributed by atoms with Gasteiger partial charge in [-0.15, -0.1) is 0 Å². The Morgan fingerprint density at radius 2 is 0.625 bits per heavy atom. The Bertz CT molecular complexity index is 947. The van der Waals surface area contributed by atoms with Crippen molar-refractivity contribution in [3.8, 4) is 0 Å². The van der Waals surface area contributed by atoms with E-state index in [9.17, 15) is 0 Å². The van der Waals surface area contributed by atoms with Crippen molar-refractivity contribution in [1.82, 2.24) is 0 Å². The van der Waals surface area contributed by atoms with Crippen LogP contribution in [0.1, 0.15) is 36.1 Å². The summed E-state index contributed by atoms with van der Waals surface area (Å²) in [6, 6.07) is 41.9.